The van der Waals surface area contributed by atoms with E-state index in [1.807, 2.05) is 4.98 Å². The van der Waals surface area contributed by atoms with Gasteiger partial charge in [-0.05, 0) is 0 Å². The van der Waals surface area contributed by atoms with Crippen LogP contribution in [0.15, 0.2) is 4.79 Å². The number of rotatable bonds is 0. The highest BCUT2D eigenvalue weighted by Gasteiger charge is 2.09. The summed E-state index contributed by atoms with van der Waals surface area (Å²) < 4.78 is 0. The number of nitrogens with two attached hydrogens (primary N) is 1. The molecule has 0 unspecified atom stereocenters. The Bertz CT molecular complexity index is 346. The molecule has 2 radical (unpaired) electrons. The summed E-state index contributed by atoms with van der Waals surface area (Å²) in [7, 11) is 5.07. The third-order valence-electron chi connectivity index (χ3n) is 1.23. The number of anilines is 1. The molecule has 1 aromatic heterocycles. The molecule has 56 valence electrons. The molecule has 0 amide bonds. The van der Waals surface area contributed by atoms with Crippen molar-refractivity contribution in [3.63, 3.8) is 0 Å². The Morgan fingerprint density at radius 1 is 1.36 bits per heavy atom. The SMILES string of the molecule is [B]c1[nH]c(=O)c(N)c(O)c1O. The lowest BCUT2D eigenvalue weighted by Gasteiger charge is -2.02. The lowest BCUT2D eigenvalue weighted by molar-refractivity contribution is 0.406. The summed E-state index contributed by atoms with van der Waals surface area (Å²) in [5.41, 5.74) is 3.57. The van der Waals surface area contributed by atoms with Crippen LogP contribution in [0.5, 0.6) is 11.5 Å². The number of hydrogen-bond donors (Lipinski definition) is 4. The monoisotopic (exact) mass is 152 g/mol. The van der Waals surface area contributed by atoms with Crippen LogP contribution in [0.25, 0.3) is 0 Å². The summed E-state index contributed by atoms with van der Waals surface area (Å²) in [5, 5.41) is 17.8. The van der Waals surface area contributed by atoms with Crippen molar-refractivity contribution in [2.24, 2.45) is 0 Å². The Morgan fingerprint density at radius 2 is 1.91 bits per heavy atom. The molecule has 1 aromatic rings. The van der Waals surface area contributed by atoms with Crippen molar-refractivity contribution in [2.75, 3.05) is 5.73 Å². The molecule has 1 rings (SSSR count). The number of H-pyrrole nitrogens is 1. The summed E-state index contributed by atoms with van der Waals surface area (Å²) in [5.74, 6) is -1.30. The molecule has 1 heterocycles. The Kier molecular flexibility index (Phi) is 1.52. The second-order valence-corrected chi connectivity index (χ2v) is 1.98. The second kappa shape index (κ2) is 2.23. The summed E-state index contributed by atoms with van der Waals surface area (Å²) in [6.45, 7) is 0. The minimum Gasteiger partial charge on any atom is -0.504 e. The van der Waals surface area contributed by atoms with E-state index in [2.05, 4.69) is 0 Å². The predicted molar refractivity (Wildman–Crippen MR) is 40.2 cm³/mol. The zero-order valence-corrected chi connectivity index (χ0v) is 5.46. The third kappa shape index (κ3) is 1.02. The first-order valence-corrected chi connectivity index (χ1v) is 2.73. The highest BCUT2D eigenvalue weighted by Crippen LogP contribution is 2.23. The molecule has 0 spiro atoms. The van der Waals surface area contributed by atoms with Crippen LogP contribution >= 0.6 is 0 Å². The topological polar surface area (TPSA) is 99.3 Å². The molecule has 5 nitrogen and oxygen atoms in total. The fourth-order valence-corrected chi connectivity index (χ4v) is 0.612. The molecule has 5 N–H and O–H groups in total. The molecule has 0 atom stereocenters. The lowest BCUT2D eigenvalue weighted by atomic mass is 10.0. The van der Waals surface area contributed by atoms with E-state index in [0.717, 1.165) is 0 Å². The average molecular weight is 152 g/mol. The Hall–Kier alpha value is -1.59. The first-order valence-electron chi connectivity index (χ1n) is 2.73. The van der Waals surface area contributed by atoms with Gasteiger partial charge in [0.1, 0.15) is 13.5 Å². The van der Waals surface area contributed by atoms with E-state index < -0.39 is 22.7 Å². The van der Waals surface area contributed by atoms with Crippen molar-refractivity contribution in [2.45, 2.75) is 0 Å². The molecule has 0 aliphatic heterocycles. The Labute approximate surface area is 62.9 Å². The fourth-order valence-electron chi connectivity index (χ4n) is 0.612. The quantitative estimate of drug-likeness (QED) is 0.328. The first kappa shape index (κ1) is 7.52. The maximum atomic E-state index is 10.7. The van der Waals surface area contributed by atoms with Crippen molar-refractivity contribution >= 4 is 19.1 Å². The normalized spacial score (nSPS) is 9.82. The van der Waals surface area contributed by atoms with Crippen LogP contribution in [0, 0.1) is 0 Å². The van der Waals surface area contributed by atoms with Crippen molar-refractivity contribution in [1.29, 1.82) is 0 Å². The van der Waals surface area contributed by atoms with Crippen molar-refractivity contribution in [1.82, 2.24) is 4.98 Å². The number of pyridine rings is 1. The molecule has 0 aromatic carbocycles. The zero-order valence-electron chi connectivity index (χ0n) is 5.46. The van der Waals surface area contributed by atoms with Gasteiger partial charge in [-0.25, -0.2) is 0 Å². The fraction of sp³-hybridized carbons (Fsp3) is 0. The van der Waals surface area contributed by atoms with Gasteiger partial charge in [0.15, 0.2) is 11.5 Å². The van der Waals surface area contributed by atoms with Crippen LogP contribution in [0.1, 0.15) is 0 Å². The molecule has 0 aliphatic rings. The van der Waals surface area contributed by atoms with Crippen LogP contribution in [0.3, 0.4) is 0 Å². The lowest BCUT2D eigenvalue weighted by Crippen LogP contribution is -2.22. The van der Waals surface area contributed by atoms with Crippen molar-refractivity contribution in [3.05, 3.63) is 10.4 Å². The number of nitrogens with one attached hydrogen (secondary N) is 1. The zero-order chi connectivity index (χ0) is 8.59. The van der Waals surface area contributed by atoms with Crippen LogP contribution in [0.2, 0.25) is 0 Å². The first-order chi connectivity index (χ1) is 5.04. The summed E-state index contributed by atoms with van der Waals surface area (Å²) in [4.78, 5) is 12.7. The summed E-state index contributed by atoms with van der Waals surface area (Å²) >= 11 is 0. The van der Waals surface area contributed by atoms with Gasteiger partial charge in [0, 0.05) is 5.59 Å². The predicted octanol–water partition coefficient (Wildman–Crippen LogP) is -1.84. The number of aromatic amines is 1. The molecule has 0 fully saturated rings. The Morgan fingerprint density at radius 3 is 2.45 bits per heavy atom. The number of aromatic nitrogens is 1. The van der Waals surface area contributed by atoms with Gasteiger partial charge >= 0.3 is 0 Å². The maximum absolute atomic E-state index is 10.7. The van der Waals surface area contributed by atoms with Gasteiger partial charge in [-0.3, -0.25) is 4.79 Å². The standard InChI is InChI=1S/C5H5BN2O3/c6-4-3(10)2(9)1(7)5(11)8-4/h10H,7H2,(H2,8,9,11). The molecule has 0 aliphatic carbocycles. The largest absolute Gasteiger partial charge is 0.504 e. The van der Waals surface area contributed by atoms with Crippen LogP contribution in [-0.2, 0) is 0 Å². The number of aromatic hydroxyl groups is 2. The van der Waals surface area contributed by atoms with Gasteiger partial charge in [-0.15, -0.1) is 0 Å². The van der Waals surface area contributed by atoms with E-state index in [1.54, 1.807) is 0 Å². The summed E-state index contributed by atoms with van der Waals surface area (Å²) in [6, 6.07) is 0. The molecule has 11 heavy (non-hydrogen) atoms. The van der Waals surface area contributed by atoms with E-state index in [9.17, 15) is 4.79 Å². The van der Waals surface area contributed by atoms with Gasteiger partial charge in [0.2, 0.25) is 0 Å². The van der Waals surface area contributed by atoms with Crippen LogP contribution in [0.4, 0.5) is 5.69 Å². The molecule has 0 bridgehead atoms. The van der Waals surface area contributed by atoms with E-state index in [0.29, 0.717) is 0 Å². The van der Waals surface area contributed by atoms with E-state index >= 15 is 0 Å². The number of nitrogen functional groups attached to an aromatic ring is 1. The molecule has 0 saturated heterocycles. The molecular weight excluding hydrogens is 147 g/mol. The molecule has 0 saturated carbocycles. The van der Waals surface area contributed by atoms with Gasteiger partial charge in [-0.2, -0.15) is 0 Å². The van der Waals surface area contributed by atoms with Gasteiger partial charge in [0.25, 0.3) is 5.56 Å². The highest BCUT2D eigenvalue weighted by molar-refractivity contribution is 6.32. The maximum Gasteiger partial charge on any atom is 0.274 e. The van der Waals surface area contributed by atoms with Gasteiger partial charge in [-0.1, -0.05) is 0 Å². The number of hydrogen-bond acceptors (Lipinski definition) is 4. The molecular formula is C5H5BN2O3. The van der Waals surface area contributed by atoms with Crippen molar-refractivity contribution in [3.8, 4) is 11.5 Å². The van der Waals surface area contributed by atoms with Gasteiger partial charge < -0.3 is 20.9 Å². The van der Waals surface area contributed by atoms with E-state index in [4.69, 9.17) is 23.8 Å². The molecule has 6 heteroatoms. The third-order valence-corrected chi connectivity index (χ3v) is 1.23. The minimum absolute atomic E-state index is 0.304. The van der Waals surface area contributed by atoms with Crippen LogP contribution in [-0.4, -0.2) is 23.0 Å². The highest BCUT2D eigenvalue weighted by atomic mass is 16.3. The van der Waals surface area contributed by atoms with E-state index in [-0.39, 0.29) is 5.59 Å². The van der Waals surface area contributed by atoms with Crippen LogP contribution < -0.4 is 16.9 Å². The van der Waals surface area contributed by atoms with Gasteiger partial charge in [0.05, 0.1) is 0 Å². The van der Waals surface area contributed by atoms with E-state index in [1.165, 1.54) is 0 Å². The minimum atomic E-state index is -0.724. The average Bonchev–Trinajstić information content (AvgIpc) is 1.97. The van der Waals surface area contributed by atoms with Crippen molar-refractivity contribution < 1.29 is 10.2 Å². The summed E-state index contributed by atoms with van der Waals surface area (Å²) in [6.07, 6.45) is 0. The Balaban J connectivity index is 3.59. The smallest absolute Gasteiger partial charge is 0.274 e. The second-order valence-electron chi connectivity index (χ2n) is 1.98.